The summed E-state index contributed by atoms with van der Waals surface area (Å²) in [6.45, 7) is 0.863. The Morgan fingerprint density at radius 2 is 1.96 bits per heavy atom. The quantitative estimate of drug-likeness (QED) is 0.756. The Labute approximate surface area is 151 Å². The average molecular weight is 355 g/mol. The zero-order chi connectivity index (χ0) is 18.5. The number of rotatable bonds is 8. The molecule has 1 saturated carbocycles. The number of hydrogen-bond acceptors (Lipinski definition) is 4. The van der Waals surface area contributed by atoms with Gasteiger partial charge in [-0.05, 0) is 54.7 Å². The van der Waals surface area contributed by atoms with Crippen molar-refractivity contribution in [2.75, 3.05) is 19.0 Å². The summed E-state index contributed by atoms with van der Waals surface area (Å²) >= 11 is 0. The van der Waals surface area contributed by atoms with E-state index in [2.05, 4.69) is 5.32 Å². The van der Waals surface area contributed by atoms with E-state index < -0.39 is 5.97 Å². The van der Waals surface area contributed by atoms with Gasteiger partial charge >= 0.3 is 5.97 Å². The number of carbonyl (C=O) groups excluding carboxylic acids is 1. The predicted octanol–water partition coefficient (Wildman–Crippen LogP) is 3.57. The number of nitrogens with one attached hydrogen (secondary N) is 1. The molecule has 0 radical (unpaired) electrons. The third-order valence-electron chi connectivity index (χ3n) is 4.11. The molecule has 0 atom stereocenters. The number of carboxylic acid groups (broad SMARTS) is 1. The van der Waals surface area contributed by atoms with Crippen LogP contribution in [-0.2, 0) is 11.3 Å². The second-order valence-corrected chi connectivity index (χ2v) is 6.36. The maximum atomic E-state index is 12.7. The van der Waals surface area contributed by atoms with Gasteiger partial charge in [0.15, 0.2) is 0 Å². The molecule has 3 rings (SSSR count). The van der Waals surface area contributed by atoms with Crippen LogP contribution in [0.4, 0.5) is 5.69 Å². The fraction of sp³-hybridized carbons (Fsp3) is 0.300. The molecule has 1 aliphatic carbocycles. The largest absolute Gasteiger partial charge is 0.492 e. The summed E-state index contributed by atoms with van der Waals surface area (Å²) in [4.78, 5) is 24.0. The van der Waals surface area contributed by atoms with Crippen molar-refractivity contribution in [3.63, 3.8) is 0 Å². The van der Waals surface area contributed by atoms with Crippen LogP contribution in [0.2, 0.25) is 0 Å². The molecule has 1 amide bonds. The van der Waals surface area contributed by atoms with E-state index in [1.54, 1.807) is 24.3 Å². The first kappa shape index (κ1) is 17.9. The van der Waals surface area contributed by atoms with E-state index in [9.17, 15) is 14.7 Å². The molecule has 0 aromatic heterocycles. The van der Waals surface area contributed by atoms with Gasteiger partial charge in [-0.1, -0.05) is 12.1 Å². The Bertz CT molecular complexity index is 814. The molecule has 2 aromatic rings. The minimum atomic E-state index is -1.06. The molecular weight excluding hydrogens is 334 g/mol. The minimum Gasteiger partial charge on any atom is -0.492 e. The zero-order valence-corrected chi connectivity index (χ0v) is 14.5. The lowest BCUT2D eigenvalue weighted by molar-refractivity contribution is 0.0696. The first-order chi connectivity index (χ1) is 12.6. The van der Waals surface area contributed by atoms with Crippen molar-refractivity contribution in [2.24, 2.45) is 5.92 Å². The third kappa shape index (κ3) is 4.61. The molecule has 1 aliphatic rings. The van der Waals surface area contributed by atoms with Crippen LogP contribution in [0.15, 0.2) is 42.5 Å². The van der Waals surface area contributed by atoms with Gasteiger partial charge in [0.25, 0.3) is 5.91 Å². The van der Waals surface area contributed by atoms with Gasteiger partial charge in [-0.15, -0.1) is 0 Å². The highest BCUT2D eigenvalue weighted by atomic mass is 16.5. The molecule has 1 fully saturated rings. The molecule has 0 saturated heterocycles. The van der Waals surface area contributed by atoms with Gasteiger partial charge in [0.05, 0.1) is 24.3 Å². The van der Waals surface area contributed by atoms with Crippen LogP contribution in [-0.4, -0.2) is 30.7 Å². The van der Waals surface area contributed by atoms with Crippen LogP contribution in [0.3, 0.4) is 0 Å². The van der Waals surface area contributed by atoms with Gasteiger partial charge in [0.1, 0.15) is 5.75 Å². The van der Waals surface area contributed by atoms with Crippen LogP contribution in [0.1, 0.15) is 39.1 Å². The van der Waals surface area contributed by atoms with Crippen LogP contribution >= 0.6 is 0 Å². The molecule has 6 heteroatoms. The van der Waals surface area contributed by atoms with E-state index in [0.717, 1.165) is 0 Å². The lowest BCUT2D eigenvalue weighted by atomic mass is 10.1. The predicted molar refractivity (Wildman–Crippen MR) is 96.7 cm³/mol. The minimum absolute atomic E-state index is 0.0909. The van der Waals surface area contributed by atoms with E-state index in [1.165, 1.54) is 32.1 Å². The highest BCUT2D eigenvalue weighted by molar-refractivity contribution is 6.06. The van der Waals surface area contributed by atoms with E-state index in [1.807, 2.05) is 6.07 Å². The maximum Gasteiger partial charge on any atom is 0.335 e. The second-order valence-electron chi connectivity index (χ2n) is 6.36. The summed E-state index contributed by atoms with van der Waals surface area (Å²) in [7, 11) is 1.53. The SMILES string of the molecule is COCc1cc(NC(=O)c2ccccc2OCC2CC2)cc(C(=O)O)c1. The number of benzene rings is 2. The lowest BCUT2D eigenvalue weighted by Gasteiger charge is -2.12. The van der Waals surface area contributed by atoms with Crippen LogP contribution in [0.25, 0.3) is 0 Å². The number of anilines is 1. The van der Waals surface area contributed by atoms with Crippen LogP contribution in [0.5, 0.6) is 5.75 Å². The first-order valence-electron chi connectivity index (χ1n) is 8.46. The molecule has 26 heavy (non-hydrogen) atoms. The van der Waals surface area contributed by atoms with Crippen molar-refractivity contribution in [3.05, 3.63) is 59.2 Å². The number of ether oxygens (including phenoxy) is 2. The van der Waals surface area contributed by atoms with Gasteiger partial charge in [-0.25, -0.2) is 4.79 Å². The summed E-state index contributed by atoms with van der Waals surface area (Å²) < 4.78 is 10.8. The Hall–Kier alpha value is -2.86. The Morgan fingerprint density at radius 1 is 1.19 bits per heavy atom. The number of hydrogen-bond donors (Lipinski definition) is 2. The smallest absolute Gasteiger partial charge is 0.335 e. The fourth-order valence-electron chi connectivity index (χ4n) is 2.61. The Kier molecular flexibility index (Phi) is 5.53. The molecule has 136 valence electrons. The van der Waals surface area contributed by atoms with Crippen molar-refractivity contribution in [1.82, 2.24) is 0 Å². The molecule has 0 unspecified atom stereocenters. The zero-order valence-electron chi connectivity index (χ0n) is 14.5. The number of para-hydroxylation sites is 1. The third-order valence-corrected chi connectivity index (χ3v) is 4.11. The normalized spacial score (nSPS) is 13.3. The fourth-order valence-corrected chi connectivity index (χ4v) is 2.61. The molecule has 0 heterocycles. The molecule has 2 aromatic carbocycles. The molecule has 0 spiro atoms. The summed E-state index contributed by atoms with van der Waals surface area (Å²) in [5, 5.41) is 12.0. The number of methoxy groups -OCH3 is 1. The molecule has 0 bridgehead atoms. The van der Waals surface area contributed by atoms with Crippen molar-refractivity contribution < 1.29 is 24.2 Å². The highest BCUT2D eigenvalue weighted by Crippen LogP contribution is 2.30. The number of carboxylic acids is 1. The van der Waals surface area contributed by atoms with Crippen molar-refractivity contribution in [2.45, 2.75) is 19.4 Å². The molecular formula is C20H21NO5. The Balaban J connectivity index is 1.80. The second kappa shape index (κ2) is 8.01. The summed E-state index contributed by atoms with van der Waals surface area (Å²) in [5.41, 5.74) is 1.58. The molecule has 6 nitrogen and oxygen atoms in total. The van der Waals surface area contributed by atoms with E-state index in [-0.39, 0.29) is 18.1 Å². The maximum absolute atomic E-state index is 12.7. The molecule has 0 aliphatic heterocycles. The highest BCUT2D eigenvalue weighted by Gasteiger charge is 2.23. The number of carbonyl (C=O) groups is 2. The first-order valence-corrected chi connectivity index (χ1v) is 8.46. The topological polar surface area (TPSA) is 84.9 Å². The monoisotopic (exact) mass is 355 g/mol. The number of amides is 1. The van der Waals surface area contributed by atoms with Gasteiger partial charge in [0.2, 0.25) is 0 Å². The van der Waals surface area contributed by atoms with Crippen LogP contribution < -0.4 is 10.1 Å². The van der Waals surface area contributed by atoms with Crippen LogP contribution in [0, 0.1) is 5.92 Å². The summed E-state index contributed by atoms with van der Waals surface area (Å²) in [6, 6.07) is 11.7. The lowest BCUT2D eigenvalue weighted by Crippen LogP contribution is -2.15. The van der Waals surface area contributed by atoms with Crippen molar-refractivity contribution in [3.8, 4) is 5.75 Å². The van der Waals surface area contributed by atoms with Crippen molar-refractivity contribution >= 4 is 17.6 Å². The number of aromatic carboxylic acids is 1. The standard InChI is InChI=1S/C20H21NO5/c1-25-11-14-8-15(20(23)24)10-16(9-14)21-19(22)17-4-2-3-5-18(17)26-12-13-6-7-13/h2-5,8-10,13H,6-7,11-12H2,1H3,(H,21,22)(H,23,24). The Morgan fingerprint density at radius 3 is 2.65 bits per heavy atom. The molecule has 2 N–H and O–H groups in total. The van der Waals surface area contributed by atoms with Gasteiger partial charge in [0, 0.05) is 12.8 Å². The van der Waals surface area contributed by atoms with E-state index >= 15 is 0 Å². The summed E-state index contributed by atoms with van der Waals surface area (Å²) in [5.74, 6) is -0.299. The van der Waals surface area contributed by atoms with Gasteiger partial charge in [-0.3, -0.25) is 4.79 Å². The average Bonchev–Trinajstić information content (AvgIpc) is 3.44. The van der Waals surface area contributed by atoms with E-state index in [0.29, 0.717) is 35.1 Å². The summed E-state index contributed by atoms with van der Waals surface area (Å²) in [6.07, 6.45) is 2.33. The van der Waals surface area contributed by atoms with Crippen molar-refractivity contribution in [1.29, 1.82) is 0 Å². The van der Waals surface area contributed by atoms with Gasteiger partial charge < -0.3 is 19.9 Å². The van der Waals surface area contributed by atoms with Gasteiger partial charge in [-0.2, -0.15) is 0 Å². The van der Waals surface area contributed by atoms with E-state index in [4.69, 9.17) is 9.47 Å².